The van der Waals surface area contributed by atoms with E-state index in [2.05, 4.69) is 5.32 Å². The van der Waals surface area contributed by atoms with Crippen molar-refractivity contribution in [3.8, 4) is 11.5 Å². The van der Waals surface area contributed by atoms with Crippen LogP contribution in [0, 0.1) is 5.82 Å². The Bertz CT molecular complexity index is 1170. The molecule has 34 heavy (non-hydrogen) atoms. The number of carbonyl (C=O) groups is 2. The minimum atomic E-state index is -0.305. The summed E-state index contributed by atoms with van der Waals surface area (Å²) in [5.41, 5.74) is 2.53. The first-order chi connectivity index (χ1) is 16.5. The van der Waals surface area contributed by atoms with Gasteiger partial charge in [-0.25, -0.2) is 9.18 Å². The highest BCUT2D eigenvalue weighted by molar-refractivity contribution is 6.05. The van der Waals surface area contributed by atoms with Crippen molar-refractivity contribution in [3.05, 3.63) is 83.7 Å². The van der Waals surface area contributed by atoms with Gasteiger partial charge in [-0.15, -0.1) is 0 Å². The molecule has 0 atom stereocenters. The van der Waals surface area contributed by atoms with Crippen LogP contribution in [0.2, 0.25) is 0 Å². The van der Waals surface area contributed by atoms with Crippen molar-refractivity contribution in [2.45, 2.75) is 13.0 Å². The second-order valence-corrected chi connectivity index (χ2v) is 7.90. The lowest BCUT2D eigenvalue weighted by Gasteiger charge is -2.35. The number of hydrogen-bond acceptors (Lipinski definition) is 4. The molecule has 3 aromatic carbocycles. The lowest BCUT2D eigenvalue weighted by molar-refractivity contribution is 0.102. The summed E-state index contributed by atoms with van der Waals surface area (Å²) in [4.78, 5) is 29.3. The van der Waals surface area contributed by atoms with E-state index in [4.69, 9.17) is 9.47 Å². The maximum Gasteiger partial charge on any atom is 0.324 e. The molecule has 3 amide bonds. The Morgan fingerprint density at radius 3 is 2.38 bits per heavy atom. The number of methoxy groups -OCH3 is 2. The maximum absolute atomic E-state index is 13.2. The summed E-state index contributed by atoms with van der Waals surface area (Å²) >= 11 is 0. The summed E-state index contributed by atoms with van der Waals surface area (Å²) in [6.07, 6.45) is 0.810. The average Bonchev–Trinajstić information content (AvgIpc) is 2.86. The van der Waals surface area contributed by atoms with E-state index in [0.29, 0.717) is 48.1 Å². The topological polar surface area (TPSA) is 71.1 Å². The van der Waals surface area contributed by atoms with Crippen LogP contribution in [0.3, 0.4) is 0 Å². The summed E-state index contributed by atoms with van der Waals surface area (Å²) in [6, 6.07) is 18.1. The van der Waals surface area contributed by atoms with Gasteiger partial charge in [0.15, 0.2) is 0 Å². The molecule has 1 saturated heterocycles. The molecule has 0 aromatic heterocycles. The number of nitrogens with one attached hydrogen (secondary N) is 1. The molecule has 1 fully saturated rings. The van der Waals surface area contributed by atoms with Crippen LogP contribution in [0.5, 0.6) is 11.5 Å². The lowest BCUT2D eigenvalue weighted by Crippen LogP contribution is -2.49. The average molecular weight is 464 g/mol. The highest BCUT2D eigenvalue weighted by Gasteiger charge is 2.27. The van der Waals surface area contributed by atoms with E-state index in [1.807, 2.05) is 0 Å². The smallest absolute Gasteiger partial charge is 0.324 e. The van der Waals surface area contributed by atoms with Crippen LogP contribution >= 0.6 is 0 Å². The number of nitrogens with zero attached hydrogens (tertiary/aromatic N) is 2. The van der Waals surface area contributed by atoms with E-state index in [0.717, 1.165) is 12.0 Å². The van der Waals surface area contributed by atoms with Crippen LogP contribution < -0.4 is 19.7 Å². The molecule has 1 aliphatic heterocycles. The number of hydrogen-bond donors (Lipinski definition) is 1. The molecule has 7 nitrogen and oxygen atoms in total. The van der Waals surface area contributed by atoms with Crippen molar-refractivity contribution >= 4 is 23.3 Å². The Labute approximate surface area is 197 Å². The van der Waals surface area contributed by atoms with E-state index < -0.39 is 0 Å². The number of urea groups is 1. The van der Waals surface area contributed by atoms with Gasteiger partial charge in [-0.1, -0.05) is 12.1 Å². The fourth-order valence-corrected chi connectivity index (χ4v) is 3.88. The monoisotopic (exact) mass is 463 g/mol. The van der Waals surface area contributed by atoms with Crippen molar-refractivity contribution in [2.24, 2.45) is 0 Å². The normalized spacial score (nSPS) is 13.6. The highest BCUT2D eigenvalue weighted by Crippen LogP contribution is 2.29. The maximum atomic E-state index is 13.2. The Morgan fingerprint density at radius 1 is 0.971 bits per heavy atom. The van der Waals surface area contributed by atoms with Crippen molar-refractivity contribution < 1.29 is 23.5 Å². The molecule has 176 valence electrons. The van der Waals surface area contributed by atoms with Crippen LogP contribution in [0.4, 0.5) is 20.6 Å². The van der Waals surface area contributed by atoms with Gasteiger partial charge in [0.25, 0.3) is 5.91 Å². The summed E-state index contributed by atoms with van der Waals surface area (Å²) in [6.45, 7) is 1.64. The first-order valence-electron chi connectivity index (χ1n) is 10.9. The number of benzene rings is 3. The van der Waals surface area contributed by atoms with Gasteiger partial charge >= 0.3 is 6.03 Å². The van der Waals surface area contributed by atoms with Gasteiger partial charge in [0.1, 0.15) is 17.3 Å². The third-order valence-electron chi connectivity index (χ3n) is 5.69. The Kier molecular flexibility index (Phi) is 6.96. The molecule has 8 heteroatoms. The molecule has 4 rings (SSSR count). The first-order valence-corrected chi connectivity index (χ1v) is 10.9. The fourth-order valence-electron chi connectivity index (χ4n) is 3.88. The predicted octanol–water partition coefficient (Wildman–Crippen LogP) is 4.93. The molecule has 1 heterocycles. The van der Waals surface area contributed by atoms with Gasteiger partial charge in [-0.2, -0.15) is 0 Å². The number of ether oxygens (including phenoxy) is 2. The number of rotatable bonds is 7. The Morgan fingerprint density at radius 2 is 1.71 bits per heavy atom. The van der Waals surface area contributed by atoms with Gasteiger partial charge < -0.3 is 19.7 Å². The van der Waals surface area contributed by atoms with Crippen LogP contribution in [0.15, 0.2) is 66.7 Å². The van der Waals surface area contributed by atoms with Gasteiger partial charge in [-0.3, -0.25) is 9.69 Å². The van der Waals surface area contributed by atoms with Crippen LogP contribution in [-0.4, -0.2) is 44.1 Å². The molecule has 1 N–H and O–H groups in total. The van der Waals surface area contributed by atoms with Crippen molar-refractivity contribution in [2.75, 3.05) is 37.5 Å². The second-order valence-electron chi connectivity index (χ2n) is 7.90. The van der Waals surface area contributed by atoms with E-state index in [1.54, 1.807) is 71.5 Å². The third-order valence-corrected chi connectivity index (χ3v) is 5.69. The third kappa shape index (κ3) is 5.11. The molecule has 0 spiro atoms. The molecule has 0 saturated carbocycles. The number of anilines is 2. The SMILES string of the molecule is COc1ccc(OC)c(NC(=O)c2ccc(N3CCCN(Cc4ccc(F)cc4)C3=O)cc2)c1. The van der Waals surface area contributed by atoms with Gasteiger partial charge in [0, 0.05) is 37.0 Å². The molecular weight excluding hydrogens is 437 g/mol. The van der Waals surface area contributed by atoms with E-state index in [9.17, 15) is 14.0 Å². The number of amides is 3. The van der Waals surface area contributed by atoms with E-state index in [-0.39, 0.29) is 17.8 Å². The number of carbonyl (C=O) groups excluding carboxylic acids is 2. The van der Waals surface area contributed by atoms with E-state index >= 15 is 0 Å². The molecule has 0 unspecified atom stereocenters. The quantitative estimate of drug-likeness (QED) is 0.540. The lowest BCUT2D eigenvalue weighted by atomic mass is 10.1. The molecule has 0 radical (unpaired) electrons. The fraction of sp³-hybridized carbons (Fsp3) is 0.231. The number of halogens is 1. The summed E-state index contributed by atoms with van der Waals surface area (Å²) in [5, 5.41) is 2.84. The molecular formula is C26H26FN3O4. The van der Waals surface area contributed by atoms with E-state index in [1.165, 1.54) is 19.2 Å². The van der Waals surface area contributed by atoms with Gasteiger partial charge in [0.05, 0.1) is 19.9 Å². The zero-order valence-electron chi connectivity index (χ0n) is 19.1. The minimum Gasteiger partial charge on any atom is -0.497 e. The summed E-state index contributed by atoms with van der Waals surface area (Å²) < 4.78 is 23.7. The molecule has 0 bridgehead atoms. The first kappa shape index (κ1) is 23.1. The zero-order chi connectivity index (χ0) is 24.1. The van der Waals surface area contributed by atoms with Crippen LogP contribution in [0.1, 0.15) is 22.3 Å². The Hall–Kier alpha value is -4.07. The van der Waals surface area contributed by atoms with Crippen molar-refractivity contribution in [3.63, 3.8) is 0 Å². The minimum absolute atomic E-state index is 0.117. The molecule has 3 aromatic rings. The largest absolute Gasteiger partial charge is 0.497 e. The van der Waals surface area contributed by atoms with Crippen LogP contribution in [0.25, 0.3) is 0 Å². The highest BCUT2D eigenvalue weighted by atomic mass is 19.1. The second kappa shape index (κ2) is 10.2. The molecule has 0 aliphatic carbocycles. The predicted molar refractivity (Wildman–Crippen MR) is 128 cm³/mol. The Balaban J connectivity index is 1.45. The standard InChI is InChI=1S/C26H26FN3O4/c1-33-22-12-13-24(34-2)23(16-22)28-25(31)19-6-10-21(11-7-19)30-15-3-14-29(26(30)32)17-18-4-8-20(27)9-5-18/h4-13,16H,3,14-15,17H2,1-2H3,(H,28,31). The summed E-state index contributed by atoms with van der Waals surface area (Å²) in [7, 11) is 3.08. The zero-order valence-corrected chi connectivity index (χ0v) is 19.1. The molecule has 1 aliphatic rings. The van der Waals surface area contributed by atoms with Gasteiger partial charge in [0.2, 0.25) is 0 Å². The van der Waals surface area contributed by atoms with Crippen LogP contribution in [-0.2, 0) is 6.54 Å². The van der Waals surface area contributed by atoms with Gasteiger partial charge in [-0.05, 0) is 60.5 Å². The van der Waals surface area contributed by atoms with Crippen molar-refractivity contribution in [1.82, 2.24) is 4.90 Å². The summed E-state index contributed by atoms with van der Waals surface area (Å²) in [5.74, 6) is 0.511. The van der Waals surface area contributed by atoms with Crippen molar-refractivity contribution in [1.29, 1.82) is 0 Å².